The van der Waals surface area contributed by atoms with Crippen LogP contribution in [0.3, 0.4) is 0 Å². The molecule has 6 nitrogen and oxygen atoms in total. The monoisotopic (exact) mass is 406 g/mol. The smallest absolute Gasteiger partial charge is 0.231 e. The van der Waals surface area contributed by atoms with Gasteiger partial charge >= 0.3 is 0 Å². The average Bonchev–Trinajstić information content (AvgIpc) is 3.02. The maximum absolute atomic E-state index is 12.8. The second kappa shape index (κ2) is 8.46. The van der Waals surface area contributed by atoms with E-state index in [4.69, 9.17) is 9.40 Å². The number of benzene rings is 1. The first-order chi connectivity index (χ1) is 14.4. The van der Waals surface area contributed by atoms with Gasteiger partial charge in [-0.25, -0.2) is 4.98 Å². The zero-order chi connectivity index (χ0) is 21.3. The Kier molecular flexibility index (Phi) is 5.75. The Labute approximate surface area is 177 Å². The number of aryl methyl sites for hydroxylation is 4. The van der Waals surface area contributed by atoms with Gasteiger partial charge in [-0.2, -0.15) is 4.98 Å². The molecule has 3 heterocycles. The largest absolute Gasteiger partial charge is 0.443 e. The van der Waals surface area contributed by atoms with Crippen LogP contribution in [-0.2, 0) is 11.2 Å². The van der Waals surface area contributed by atoms with Crippen molar-refractivity contribution in [3.63, 3.8) is 0 Å². The van der Waals surface area contributed by atoms with Gasteiger partial charge in [-0.15, -0.1) is 0 Å². The predicted octanol–water partition coefficient (Wildman–Crippen LogP) is 4.03. The molecule has 1 fully saturated rings. The Morgan fingerprint density at radius 1 is 1.17 bits per heavy atom. The van der Waals surface area contributed by atoms with Crippen LogP contribution in [0.4, 0.5) is 5.82 Å². The molecular formula is C24H30N4O2. The first-order valence-corrected chi connectivity index (χ1v) is 10.7. The molecule has 1 aliphatic rings. The highest BCUT2D eigenvalue weighted by atomic mass is 16.3. The number of rotatable bonds is 5. The van der Waals surface area contributed by atoms with Crippen LogP contribution in [0.1, 0.15) is 41.1 Å². The topological polar surface area (TPSA) is 71.3 Å². The summed E-state index contributed by atoms with van der Waals surface area (Å²) in [5.41, 5.74) is 4.21. The van der Waals surface area contributed by atoms with E-state index in [0.29, 0.717) is 24.6 Å². The highest BCUT2D eigenvalue weighted by Crippen LogP contribution is 2.33. The lowest BCUT2D eigenvalue weighted by molar-refractivity contribution is -0.125. The van der Waals surface area contributed by atoms with Gasteiger partial charge < -0.3 is 14.6 Å². The molecule has 1 saturated heterocycles. The van der Waals surface area contributed by atoms with Crippen LogP contribution in [0.5, 0.6) is 0 Å². The Morgan fingerprint density at radius 2 is 1.93 bits per heavy atom. The Balaban J connectivity index is 1.44. The number of fused-ring (bicyclic) bond motifs is 1. The minimum Gasteiger partial charge on any atom is -0.443 e. The van der Waals surface area contributed by atoms with Crippen molar-refractivity contribution in [1.29, 1.82) is 0 Å². The van der Waals surface area contributed by atoms with Gasteiger partial charge in [-0.1, -0.05) is 29.8 Å². The quantitative estimate of drug-likeness (QED) is 0.693. The molecule has 0 bridgehead atoms. The first-order valence-electron chi connectivity index (χ1n) is 10.7. The molecule has 0 radical (unpaired) electrons. The van der Waals surface area contributed by atoms with E-state index in [0.717, 1.165) is 48.3 Å². The van der Waals surface area contributed by atoms with Crippen molar-refractivity contribution in [1.82, 2.24) is 15.3 Å². The van der Waals surface area contributed by atoms with Gasteiger partial charge in [0.05, 0.1) is 11.3 Å². The van der Waals surface area contributed by atoms with Crippen LogP contribution in [0.2, 0.25) is 0 Å². The van der Waals surface area contributed by atoms with Crippen LogP contribution in [-0.4, -0.2) is 35.5 Å². The highest BCUT2D eigenvalue weighted by Gasteiger charge is 2.29. The molecule has 30 heavy (non-hydrogen) atoms. The number of carbonyl (C=O) groups excluding carboxylic acids is 1. The fourth-order valence-electron chi connectivity index (χ4n) is 4.17. The van der Waals surface area contributed by atoms with Crippen molar-refractivity contribution in [3.8, 4) is 0 Å². The summed E-state index contributed by atoms with van der Waals surface area (Å²) in [6.45, 7) is 10.2. The van der Waals surface area contributed by atoms with Crippen molar-refractivity contribution in [2.45, 2.75) is 47.0 Å². The van der Waals surface area contributed by atoms with E-state index in [-0.39, 0.29) is 11.8 Å². The molecule has 6 heteroatoms. The molecule has 0 saturated carbocycles. The lowest BCUT2D eigenvalue weighted by Gasteiger charge is -2.33. The minimum atomic E-state index is -0.0320. The van der Waals surface area contributed by atoms with Crippen LogP contribution < -0.4 is 10.2 Å². The second-order valence-electron chi connectivity index (χ2n) is 8.37. The Morgan fingerprint density at radius 3 is 2.70 bits per heavy atom. The average molecular weight is 407 g/mol. The number of nitrogens with one attached hydrogen (secondary N) is 1. The summed E-state index contributed by atoms with van der Waals surface area (Å²) >= 11 is 0. The van der Waals surface area contributed by atoms with E-state index in [1.54, 1.807) is 0 Å². The fourth-order valence-corrected chi connectivity index (χ4v) is 4.17. The molecule has 1 aliphatic heterocycles. The van der Waals surface area contributed by atoms with E-state index in [1.807, 2.05) is 20.8 Å². The lowest BCUT2D eigenvalue weighted by atomic mass is 9.96. The number of piperidine rings is 1. The summed E-state index contributed by atoms with van der Waals surface area (Å²) in [5.74, 6) is 2.55. The summed E-state index contributed by atoms with van der Waals surface area (Å²) in [5, 5.41) is 4.11. The van der Waals surface area contributed by atoms with E-state index in [9.17, 15) is 4.79 Å². The van der Waals surface area contributed by atoms with Gasteiger partial charge in [-0.05, 0) is 52.5 Å². The van der Waals surface area contributed by atoms with E-state index < -0.39 is 0 Å². The number of aromatic nitrogens is 2. The number of amides is 1. The maximum atomic E-state index is 12.8. The lowest BCUT2D eigenvalue weighted by Crippen LogP contribution is -2.44. The van der Waals surface area contributed by atoms with Gasteiger partial charge in [0.25, 0.3) is 0 Å². The Hall–Kier alpha value is -2.89. The number of hydrogen-bond acceptors (Lipinski definition) is 5. The predicted molar refractivity (Wildman–Crippen MR) is 119 cm³/mol. The molecule has 2 aromatic heterocycles. The summed E-state index contributed by atoms with van der Waals surface area (Å²) in [7, 11) is 0. The van der Waals surface area contributed by atoms with E-state index in [1.165, 1.54) is 11.1 Å². The third-order valence-electron chi connectivity index (χ3n) is 6.05. The SMILES string of the molecule is Cc1ccc(CCNC(=O)C2CCCN(c3nc(C)nc4oc(C)c(C)c34)C2)cc1. The molecule has 1 aromatic carbocycles. The van der Waals surface area contributed by atoms with Crippen LogP contribution in [0, 0.1) is 33.6 Å². The summed E-state index contributed by atoms with van der Waals surface area (Å²) in [6, 6.07) is 8.48. The zero-order valence-electron chi connectivity index (χ0n) is 18.3. The standard InChI is InChI=1S/C24H30N4O2/c1-15-7-9-19(10-8-15)11-12-25-23(29)20-6-5-13-28(14-20)22-21-16(2)17(3)30-24(21)27-18(4)26-22/h7-10,20H,5-6,11-14H2,1-4H3,(H,25,29). The summed E-state index contributed by atoms with van der Waals surface area (Å²) in [6.07, 6.45) is 2.72. The minimum absolute atomic E-state index is 0.0320. The molecule has 1 atom stereocenters. The van der Waals surface area contributed by atoms with Gasteiger partial charge in [0.2, 0.25) is 11.6 Å². The van der Waals surface area contributed by atoms with E-state index >= 15 is 0 Å². The van der Waals surface area contributed by atoms with Crippen molar-refractivity contribution < 1.29 is 9.21 Å². The number of anilines is 1. The van der Waals surface area contributed by atoms with Gasteiger partial charge in [0.15, 0.2) is 0 Å². The molecule has 158 valence electrons. The molecule has 4 rings (SSSR count). The molecule has 1 unspecified atom stereocenters. The van der Waals surface area contributed by atoms with Crippen LogP contribution in [0.15, 0.2) is 28.7 Å². The highest BCUT2D eigenvalue weighted by molar-refractivity contribution is 5.90. The molecule has 0 aliphatic carbocycles. The molecule has 0 spiro atoms. The van der Waals surface area contributed by atoms with Crippen molar-refractivity contribution >= 4 is 22.8 Å². The first kappa shape index (κ1) is 20.4. The number of nitrogens with zero attached hydrogens (tertiary/aromatic N) is 3. The third kappa shape index (κ3) is 4.18. The molecular weight excluding hydrogens is 376 g/mol. The second-order valence-corrected chi connectivity index (χ2v) is 8.37. The van der Waals surface area contributed by atoms with Crippen molar-refractivity contribution in [3.05, 3.63) is 52.5 Å². The van der Waals surface area contributed by atoms with E-state index in [2.05, 4.69) is 46.4 Å². The van der Waals surface area contributed by atoms with Crippen molar-refractivity contribution in [2.75, 3.05) is 24.5 Å². The van der Waals surface area contributed by atoms with Crippen LogP contribution in [0.25, 0.3) is 11.1 Å². The number of hydrogen-bond donors (Lipinski definition) is 1. The third-order valence-corrected chi connectivity index (χ3v) is 6.05. The molecule has 3 aromatic rings. The number of carbonyl (C=O) groups is 1. The normalized spacial score (nSPS) is 16.8. The summed E-state index contributed by atoms with van der Waals surface area (Å²) < 4.78 is 5.83. The molecule has 1 amide bonds. The van der Waals surface area contributed by atoms with Gasteiger partial charge in [0.1, 0.15) is 17.4 Å². The van der Waals surface area contributed by atoms with Crippen LogP contribution >= 0.6 is 0 Å². The van der Waals surface area contributed by atoms with Crippen molar-refractivity contribution in [2.24, 2.45) is 5.92 Å². The zero-order valence-corrected chi connectivity index (χ0v) is 18.3. The van der Waals surface area contributed by atoms with Gasteiger partial charge in [0, 0.05) is 25.2 Å². The molecule has 1 N–H and O–H groups in total. The van der Waals surface area contributed by atoms with Gasteiger partial charge in [-0.3, -0.25) is 4.79 Å². The maximum Gasteiger partial charge on any atom is 0.231 e. The number of furan rings is 1. The fraction of sp³-hybridized carbons (Fsp3) is 0.458. The summed E-state index contributed by atoms with van der Waals surface area (Å²) in [4.78, 5) is 24.2. The Bertz CT molecular complexity index is 1060.